The first-order valence-corrected chi connectivity index (χ1v) is 14.3. The lowest BCUT2D eigenvalue weighted by Crippen LogP contribution is -2.56. The molecule has 3 saturated heterocycles. The van der Waals surface area contributed by atoms with E-state index in [0.717, 1.165) is 31.6 Å². The smallest absolute Gasteiger partial charge is 0.310 e. The average Bonchev–Trinajstić information content (AvgIpc) is 3.48. The summed E-state index contributed by atoms with van der Waals surface area (Å²) in [6.07, 6.45) is 5.57. The number of carbonyl (C=O) groups is 3. The van der Waals surface area contributed by atoms with E-state index < -0.39 is 35.0 Å². The van der Waals surface area contributed by atoms with Crippen molar-refractivity contribution in [2.24, 2.45) is 11.8 Å². The molecule has 9 nitrogen and oxygen atoms in total. The monoisotopic (exact) mass is 541 g/mol. The molecule has 0 aliphatic carbocycles. The first kappa shape index (κ1) is 29.1. The summed E-state index contributed by atoms with van der Waals surface area (Å²) in [4.78, 5) is 46.2. The van der Waals surface area contributed by atoms with Gasteiger partial charge in [-0.3, -0.25) is 14.4 Å². The molecule has 9 heteroatoms. The molecule has 0 saturated carbocycles. The van der Waals surface area contributed by atoms with Gasteiger partial charge >= 0.3 is 5.97 Å². The molecule has 1 spiro atoms. The molecule has 1 aromatic carbocycles. The van der Waals surface area contributed by atoms with Crippen LogP contribution in [0.2, 0.25) is 0 Å². The van der Waals surface area contributed by atoms with Crippen molar-refractivity contribution in [1.82, 2.24) is 4.90 Å². The number of aliphatic carboxylic acids is 1. The van der Waals surface area contributed by atoms with Crippen molar-refractivity contribution in [2.45, 2.75) is 76.5 Å². The van der Waals surface area contributed by atoms with Crippen molar-refractivity contribution in [2.75, 3.05) is 42.6 Å². The zero-order valence-electron chi connectivity index (χ0n) is 23.5. The number of rotatable bonds is 14. The molecule has 2 unspecified atom stereocenters. The Hall–Kier alpha value is -2.91. The number of hydrogen-bond donors (Lipinski definition) is 2. The standard InChI is InChI=1S/C30H43N3O6/c1-5-18-32(22-14-12-21(13-15-22)31(6-2)7-3)27(36)25-30-17-16-29(4,39-30)24(28(37)38)23(30)26(35)33(25)19-10-8-9-11-20-34/h5,12-15,23-25,34H,1,6-11,16-20H2,2-4H3,(H,37,38)/t23-,24-,25?,29+,30?/m0/s1. The third kappa shape index (κ3) is 4.95. The molecule has 2 N–H and O–H groups in total. The molecule has 1 aromatic rings. The van der Waals surface area contributed by atoms with Gasteiger partial charge in [0.1, 0.15) is 11.6 Å². The molecule has 2 amide bonds. The van der Waals surface area contributed by atoms with Gasteiger partial charge in [0.25, 0.3) is 5.91 Å². The molecule has 3 aliphatic heterocycles. The number of aliphatic hydroxyl groups is 1. The second-order valence-electron chi connectivity index (χ2n) is 11.2. The molecule has 3 aliphatic rings. The maximum Gasteiger partial charge on any atom is 0.310 e. The number of aliphatic hydroxyl groups excluding tert-OH is 1. The van der Waals surface area contributed by atoms with E-state index in [2.05, 4.69) is 25.3 Å². The Morgan fingerprint density at radius 1 is 1.10 bits per heavy atom. The van der Waals surface area contributed by atoms with E-state index in [1.54, 1.807) is 22.8 Å². The number of ether oxygens (including phenoxy) is 1. The Balaban J connectivity index is 1.70. The van der Waals surface area contributed by atoms with E-state index >= 15 is 0 Å². The van der Waals surface area contributed by atoms with Crippen molar-refractivity contribution in [1.29, 1.82) is 0 Å². The van der Waals surface area contributed by atoms with Crippen molar-refractivity contribution in [3.8, 4) is 0 Å². The van der Waals surface area contributed by atoms with Gasteiger partial charge in [0.05, 0.1) is 17.4 Å². The summed E-state index contributed by atoms with van der Waals surface area (Å²) in [5.41, 5.74) is -0.395. The highest BCUT2D eigenvalue weighted by molar-refractivity contribution is 6.04. The maximum atomic E-state index is 14.5. The van der Waals surface area contributed by atoms with Crippen LogP contribution in [0.5, 0.6) is 0 Å². The fourth-order valence-electron chi connectivity index (χ4n) is 7.10. The molecule has 2 bridgehead atoms. The van der Waals surface area contributed by atoms with Crippen LogP contribution in [0.4, 0.5) is 11.4 Å². The fraction of sp³-hybridized carbons (Fsp3) is 0.633. The van der Waals surface area contributed by atoms with Crippen LogP contribution < -0.4 is 9.80 Å². The minimum Gasteiger partial charge on any atom is -0.481 e. The number of unbranched alkanes of at least 4 members (excludes halogenated alkanes) is 3. The van der Waals surface area contributed by atoms with Crippen LogP contribution >= 0.6 is 0 Å². The second kappa shape index (κ2) is 11.7. The Bertz CT molecular complexity index is 1070. The van der Waals surface area contributed by atoms with Crippen LogP contribution in [-0.4, -0.2) is 82.9 Å². The largest absolute Gasteiger partial charge is 0.481 e. The number of carboxylic acids is 1. The summed E-state index contributed by atoms with van der Waals surface area (Å²) in [7, 11) is 0. The first-order chi connectivity index (χ1) is 18.7. The molecule has 3 fully saturated rings. The van der Waals surface area contributed by atoms with Gasteiger partial charge < -0.3 is 29.6 Å². The first-order valence-electron chi connectivity index (χ1n) is 14.3. The van der Waals surface area contributed by atoms with Crippen molar-refractivity contribution in [3.63, 3.8) is 0 Å². The topological polar surface area (TPSA) is 111 Å². The molecular weight excluding hydrogens is 498 g/mol. The van der Waals surface area contributed by atoms with Crippen molar-refractivity contribution in [3.05, 3.63) is 36.9 Å². The highest BCUT2D eigenvalue weighted by Gasteiger charge is 2.78. The molecule has 0 radical (unpaired) electrons. The quantitative estimate of drug-likeness (QED) is 0.274. The van der Waals surface area contributed by atoms with E-state index in [-0.39, 0.29) is 25.0 Å². The zero-order valence-corrected chi connectivity index (χ0v) is 23.5. The van der Waals surface area contributed by atoms with Gasteiger partial charge in [-0.1, -0.05) is 18.9 Å². The van der Waals surface area contributed by atoms with E-state index in [9.17, 15) is 19.5 Å². The number of hydrogen-bond acceptors (Lipinski definition) is 6. The fourth-order valence-corrected chi connectivity index (χ4v) is 7.10. The number of amides is 2. The van der Waals surface area contributed by atoms with Crippen molar-refractivity contribution >= 4 is 29.2 Å². The summed E-state index contributed by atoms with van der Waals surface area (Å²) >= 11 is 0. The summed E-state index contributed by atoms with van der Waals surface area (Å²) < 4.78 is 6.51. The van der Waals surface area contributed by atoms with E-state index in [0.29, 0.717) is 37.9 Å². The third-order valence-electron chi connectivity index (χ3n) is 8.95. The highest BCUT2D eigenvalue weighted by Crippen LogP contribution is 2.63. The minimum atomic E-state index is -1.17. The van der Waals surface area contributed by atoms with Crippen LogP contribution in [0, 0.1) is 11.8 Å². The zero-order chi connectivity index (χ0) is 28.4. The maximum absolute atomic E-state index is 14.5. The molecule has 39 heavy (non-hydrogen) atoms. The molecule has 3 heterocycles. The second-order valence-corrected chi connectivity index (χ2v) is 11.2. The van der Waals surface area contributed by atoms with Crippen LogP contribution in [-0.2, 0) is 19.1 Å². The minimum absolute atomic E-state index is 0.116. The third-order valence-corrected chi connectivity index (χ3v) is 8.95. The van der Waals surface area contributed by atoms with Gasteiger partial charge in [-0.25, -0.2) is 0 Å². The van der Waals surface area contributed by atoms with Crippen LogP contribution in [0.3, 0.4) is 0 Å². The number of anilines is 2. The van der Waals surface area contributed by atoms with Gasteiger partial charge in [0.15, 0.2) is 0 Å². The Morgan fingerprint density at radius 3 is 2.33 bits per heavy atom. The number of carboxylic acid groups (broad SMARTS) is 1. The van der Waals surface area contributed by atoms with Gasteiger partial charge in [-0.15, -0.1) is 6.58 Å². The molecule has 214 valence electrons. The number of fused-ring (bicyclic) bond motifs is 1. The van der Waals surface area contributed by atoms with Crippen molar-refractivity contribution < 1.29 is 29.3 Å². The summed E-state index contributed by atoms with van der Waals surface area (Å²) in [5.74, 6) is -3.51. The van der Waals surface area contributed by atoms with Gasteiger partial charge in [0.2, 0.25) is 5.91 Å². The van der Waals surface area contributed by atoms with Gasteiger partial charge in [-0.2, -0.15) is 0 Å². The van der Waals surface area contributed by atoms with E-state index in [1.165, 1.54) is 0 Å². The lowest BCUT2D eigenvalue weighted by Gasteiger charge is -2.37. The summed E-state index contributed by atoms with van der Waals surface area (Å²) in [6, 6.07) is 6.89. The highest BCUT2D eigenvalue weighted by atomic mass is 16.5. The number of likely N-dealkylation sites (tertiary alicyclic amines) is 1. The van der Waals surface area contributed by atoms with Crippen LogP contribution in [0.25, 0.3) is 0 Å². The van der Waals surface area contributed by atoms with Crippen LogP contribution in [0.15, 0.2) is 36.9 Å². The molecule has 0 aromatic heterocycles. The number of carbonyl (C=O) groups excluding carboxylic acids is 2. The molecule has 4 rings (SSSR count). The van der Waals surface area contributed by atoms with Gasteiger partial charge in [0, 0.05) is 44.2 Å². The lowest BCUT2D eigenvalue weighted by molar-refractivity contribution is -0.154. The predicted molar refractivity (Wildman–Crippen MR) is 150 cm³/mol. The predicted octanol–water partition coefficient (Wildman–Crippen LogP) is 3.45. The number of benzene rings is 1. The summed E-state index contributed by atoms with van der Waals surface area (Å²) in [5, 5.41) is 19.3. The van der Waals surface area contributed by atoms with E-state index in [4.69, 9.17) is 9.84 Å². The normalized spacial score (nSPS) is 29.0. The lowest BCUT2D eigenvalue weighted by atomic mass is 9.66. The summed E-state index contributed by atoms with van der Waals surface area (Å²) in [6.45, 7) is 12.3. The Kier molecular flexibility index (Phi) is 8.71. The molecular formula is C30H43N3O6. The Morgan fingerprint density at radius 2 is 1.74 bits per heavy atom. The SMILES string of the molecule is C=CCN(C(=O)C1N(CCCCCCO)C(=O)[C@@H]2[C@@H](C(=O)O)[C@@]3(C)CCC12O3)c1ccc(N(CC)CC)cc1. The van der Waals surface area contributed by atoms with Gasteiger partial charge in [-0.05, 0) is 70.7 Å². The average molecular weight is 542 g/mol. The Labute approximate surface area is 231 Å². The van der Waals surface area contributed by atoms with E-state index in [1.807, 2.05) is 24.3 Å². The number of nitrogens with zero attached hydrogens (tertiary/aromatic N) is 3. The molecule has 5 atom stereocenters. The van der Waals surface area contributed by atoms with Crippen LogP contribution in [0.1, 0.15) is 59.3 Å².